The molecule has 0 aromatic heterocycles. The molecule has 3 nitrogen and oxygen atoms in total. The average Bonchev–Trinajstić information content (AvgIpc) is 2.35. The first-order valence-electron chi connectivity index (χ1n) is 5.70. The normalized spacial score (nSPS) is 10.3. The first-order chi connectivity index (χ1) is 8.52. The monoisotopic (exact) mass is 241 g/mol. The Hall–Kier alpha value is -2.29. The summed E-state index contributed by atoms with van der Waals surface area (Å²) < 4.78 is 0. The zero-order valence-corrected chi connectivity index (χ0v) is 10.4. The summed E-state index contributed by atoms with van der Waals surface area (Å²) in [6.45, 7) is 3.85. The second-order valence-corrected chi connectivity index (χ2v) is 4.33. The molecule has 0 aliphatic carbocycles. The number of carboxylic acids is 1. The van der Waals surface area contributed by atoms with Gasteiger partial charge in [-0.15, -0.1) is 0 Å². The van der Waals surface area contributed by atoms with Crippen LogP contribution in [-0.4, -0.2) is 11.1 Å². The van der Waals surface area contributed by atoms with Gasteiger partial charge in [0.05, 0.1) is 11.3 Å². The molecule has 92 valence electrons. The van der Waals surface area contributed by atoms with Gasteiger partial charge in [-0.25, -0.2) is 4.79 Å². The fourth-order valence-corrected chi connectivity index (χ4v) is 2.09. The number of benzene rings is 2. The van der Waals surface area contributed by atoms with Gasteiger partial charge in [0.1, 0.15) is 0 Å². The van der Waals surface area contributed by atoms with E-state index in [2.05, 4.69) is 0 Å². The molecule has 2 rings (SSSR count). The van der Waals surface area contributed by atoms with Crippen molar-refractivity contribution in [3.63, 3.8) is 0 Å². The van der Waals surface area contributed by atoms with E-state index in [1.807, 2.05) is 44.2 Å². The zero-order valence-electron chi connectivity index (χ0n) is 10.4. The van der Waals surface area contributed by atoms with Crippen molar-refractivity contribution in [3.8, 4) is 11.1 Å². The lowest BCUT2D eigenvalue weighted by molar-refractivity contribution is 0.0698. The Labute approximate surface area is 106 Å². The summed E-state index contributed by atoms with van der Waals surface area (Å²) in [6.07, 6.45) is 0. The Morgan fingerprint density at radius 1 is 1.17 bits per heavy atom. The highest BCUT2D eigenvalue weighted by Crippen LogP contribution is 2.34. The summed E-state index contributed by atoms with van der Waals surface area (Å²) in [5.41, 5.74) is 10.2. The van der Waals surface area contributed by atoms with Gasteiger partial charge in [0.25, 0.3) is 0 Å². The van der Waals surface area contributed by atoms with Crippen LogP contribution in [0.25, 0.3) is 11.1 Å². The van der Waals surface area contributed by atoms with Crippen LogP contribution in [0.15, 0.2) is 36.4 Å². The molecule has 0 heterocycles. The summed E-state index contributed by atoms with van der Waals surface area (Å²) in [7, 11) is 0. The number of aryl methyl sites for hydroxylation is 1. The van der Waals surface area contributed by atoms with Crippen LogP contribution in [0.1, 0.15) is 21.5 Å². The van der Waals surface area contributed by atoms with E-state index in [-0.39, 0.29) is 5.56 Å². The predicted octanol–water partition coefficient (Wildman–Crippen LogP) is 3.25. The molecule has 0 aliphatic rings. The van der Waals surface area contributed by atoms with E-state index in [1.54, 1.807) is 6.07 Å². The van der Waals surface area contributed by atoms with Crippen molar-refractivity contribution in [2.75, 3.05) is 5.73 Å². The Morgan fingerprint density at radius 2 is 1.78 bits per heavy atom. The summed E-state index contributed by atoms with van der Waals surface area (Å²) >= 11 is 0. The second-order valence-electron chi connectivity index (χ2n) is 4.33. The molecule has 2 aromatic rings. The number of nitrogens with two attached hydrogens (primary N) is 1. The number of nitrogen functional groups attached to an aromatic ring is 1. The molecular formula is C15H15NO2. The van der Waals surface area contributed by atoms with E-state index >= 15 is 0 Å². The third kappa shape index (κ3) is 1.95. The van der Waals surface area contributed by atoms with Crippen LogP contribution in [-0.2, 0) is 0 Å². The van der Waals surface area contributed by atoms with Gasteiger partial charge in [-0.1, -0.05) is 30.3 Å². The first-order valence-corrected chi connectivity index (χ1v) is 5.70. The van der Waals surface area contributed by atoms with E-state index in [9.17, 15) is 9.90 Å². The fraction of sp³-hybridized carbons (Fsp3) is 0.133. The van der Waals surface area contributed by atoms with Crippen molar-refractivity contribution < 1.29 is 9.90 Å². The molecule has 0 radical (unpaired) electrons. The van der Waals surface area contributed by atoms with Gasteiger partial charge in [-0.3, -0.25) is 0 Å². The van der Waals surface area contributed by atoms with Crippen molar-refractivity contribution in [1.29, 1.82) is 0 Å². The van der Waals surface area contributed by atoms with Crippen LogP contribution < -0.4 is 5.73 Å². The SMILES string of the molecule is Cc1cc(C(=O)O)c(N)c(-c2ccccc2)c1C. The maximum absolute atomic E-state index is 11.2. The maximum Gasteiger partial charge on any atom is 0.337 e. The van der Waals surface area contributed by atoms with Gasteiger partial charge < -0.3 is 10.8 Å². The van der Waals surface area contributed by atoms with E-state index in [4.69, 9.17) is 5.73 Å². The molecule has 0 bridgehead atoms. The molecule has 0 saturated heterocycles. The standard InChI is InChI=1S/C15H15NO2/c1-9-8-12(15(17)18)14(16)13(10(9)2)11-6-4-3-5-7-11/h3-8H,16H2,1-2H3,(H,17,18). The van der Waals surface area contributed by atoms with E-state index in [0.29, 0.717) is 5.69 Å². The average molecular weight is 241 g/mol. The lowest BCUT2D eigenvalue weighted by Crippen LogP contribution is -2.06. The summed E-state index contributed by atoms with van der Waals surface area (Å²) in [4.78, 5) is 11.2. The minimum Gasteiger partial charge on any atom is -0.478 e. The van der Waals surface area contributed by atoms with Gasteiger partial charge in [0.15, 0.2) is 0 Å². The molecular weight excluding hydrogens is 226 g/mol. The Bertz CT molecular complexity index is 604. The highest BCUT2D eigenvalue weighted by atomic mass is 16.4. The van der Waals surface area contributed by atoms with Crippen molar-refractivity contribution in [1.82, 2.24) is 0 Å². The number of rotatable bonds is 2. The molecule has 0 saturated carbocycles. The Balaban J connectivity index is 2.78. The number of carbonyl (C=O) groups is 1. The largest absolute Gasteiger partial charge is 0.478 e. The minimum absolute atomic E-state index is 0.164. The van der Waals surface area contributed by atoms with Gasteiger partial charge >= 0.3 is 5.97 Å². The van der Waals surface area contributed by atoms with E-state index in [1.165, 1.54) is 0 Å². The highest BCUT2D eigenvalue weighted by Gasteiger charge is 2.16. The van der Waals surface area contributed by atoms with Crippen molar-refractivity contribution in [3.05, 3.63) is 53.1 Å². The highest BCUT2D eigenvalue weighted by molar-refractivity contribution is 5.99. The smallest absolute Gasteiger partial charge is 0.337 e. The van der Waals surface area contributed by atoms with Gasteiger partial charge in [-0.2, -0.15) is 0 Å². The molecule has 0 aliphatic heterocycles. The topological polar surface area (TPSA) is 63.3 Å². The van der Waals surface area contributed by atoms with Gasteiger partial charge in [0.2, 0.25) is 0 Å². The lowest BCUT2D eigenvalue weighted by Gasteiger charge is -2.15. The number of hydrogen-bond donors (Lipinski definition) is 2. The molecule has 2 aromatic carbocycles. The number of carboxylic acid groups (broad SMARTS) is 1. The van der Waals surface area contributed by atoms with Crippen LogP contribution >= 0.6 is 0 Å². The molecule has 0 atom stereocenters. The maximum atomic E-state index is 11.2. The Morgan fingerprint density at radius 3 is 2.33 bits per heavy atom. The minimum atomic E-state index is -0.993. The molecule has 3 N–H and O–H groups in total. The molecule has 0 fully saturated rings. The quantitative estimate of drug-likeness (QED) is 0.793. The van der Waals surface area contributed by atoms with Crippen LogP contribution in [0.3, 0.4) is 0 Å². The number of anilines is 1. The molecule has 0 amide bonds. The molecule has 0 spiro atoms. The first kappa shape index (κ1) is 12.2. The van der Waals surface area contributed by atoms with E-state index in [0.717, 1.165) is 22.3 Å². The lowest BCUT2D eigenvalue weighted by atomic mass is 9.92. The van der Waals surface area contributed by atoms with Gasteiger partial charge in [-0.05, 0) is 36.6 Å². The fourth-order valence-electron chi connectivity index (χ4n) is 2.09. The zero-order chi connectivity index (χ0) is 13.3. The summed E-state index contributed by atoms with van der Waals surface area (Å²) in [5.74, 6) is -0.993. The van der Waals surface area contributed by atoms with Crippen molar-refractivity contribution in [2.24, 2.45) is 0 Å². The Kier molecular flexibility index (Phi) is 3.06. The molecule has 3 heteroatoms. The molecule has 0 unspecified atom stereocenters. The van der Waals surface area contributed by atoms with Crippen LogP contribution in [0, 0.1) is 13.8 Å². The van der Waals surface area contributed by atoms with Crippen molar-refractivity contribution >= 4 is 11.7 Å². The van der Waals surface area contributed by atoms with Crippen LogP contribution in [0.5, 0.6) is 0 Å². The third-order valence-electron chi connectivity index (χ3n) is 3.18. The summed E-state index contributed by atoms with van der Waals surface area (Å²) in [6, 6.07) is 11.2. The number of hydrogen-bond acceptors (Lipinski definition) is 2. The predicted molar refractivity (Wildman–Crippen MR) is 72.7 cm³/mol. The van der Waals surface area contributed by atoms with Crippen LogP contribution in [0.4, 0.5) is 5.69 Å². The second kappa shape index (κ2) is 4.53. The van der Waals surface area contributed by atoms with Crippen molar-refractivity contribution in [2.45, 2.75) is 13.8 Å². The number of aromatic carboxylic acids is 1. The van der Waals surface area contributed by atoms with Crippen LogP contribution in [0.2, 0.25) is 0 Å². The molecule has 18 heavy (non-hydrogen) atoms. The van der Waals surface area contributed by atoms with Gasteiger partial charge in [0, 0.05) is 5.56 Å². The summed E-state index contributed by atoms with van der Waals surface area (Å²) in [5, 5.41) is 9.17. The van der Waals surface area contributed by atoms with E-state index < -0.39 is 5.97 Å². The third-order valence-corrected chi connectivity index (χ3v) is 3.18.